The summed E-state index contributed by atoms with van der Waals surface area (Å²) in [5, 5.41) is 4.33. The third kappa shape index (κ3) is 4.78. The Morgan fingerprint density at radius 3 is 2.48 bits per heavy atom. The first-order valence-corrected chi connectivity index (χ1v) is 7.40. The van der Waals surface area contributed by atoms with Crippen LogP contribution in [0.2, 0.25) is 15.1 Å². The molecular weight excluding hydrogens is 335 g/mol. The van der Waals surface area contributed by atoms with Gasteiger partial charge in [0.05, 0.1) is 20.8 Å². The molecule has 21 heavy (non-hydrogen) atoms. The molecule has 2 rings (SSSR count). The lowest BCUT2D eigenvalue weighted by atomic mass is 10.1. The van der Waals surface area contributed by atoms with Crippen LogP contribution in [-0.4, -0.2) is 10.5 Å². The number of nitrogens with zero attached hydrogens (tertiary/aromatic N) is 1. The smallest absolute Gasteiger partial charge is 0.399 e. The number of rotatable bonds is 4. The summed E-state index contributed by atoms with van der Waals surface area (Å²) < 4.78 is 10.7. The van der Waals surface area contributed by atoms with Gasteiger partial charge in [0.2, 0.25) is 0 Å². The number of hydrogen-bond donors (Lipinski definition) is 1. The standard InChI is InChI=1S/C14H15Cl3N2O2/c1-14(2,3)18-6-8-7-20-13(19-8)21-12-5-10(16)9(15)4-11(12)17/h4-5,7,18H,6H2,1-3H3. The molecular formula is C14H15Cl3N2O2. The molecule has 0 radical (unpaired) electrons. The molecule has 114 valence electrons. The van der Waals surface area contributed by atoms with Crippen LogP contribution in [0.5, 0.6) is 11.8 Å². The Morgan fingerprint density at radius 2 is 1.81 bits per heavy atom. The second-order valence-electron chi connectivity index (χ2n) is 5.51. The third-order valence-electron chi connectivity index (χ3n) is 2.50. The van der Waals surface area contributed by atoms with Crippen LogP contribution in [-0.2, 0) is 6.54 Å². The van der Waals surface area contributed by atoms with Crippen LogP contribution in [0, 0.1) is 0 Å². The van der Waals surface area contributed by atoms with Gasteiger partial charge in [-0.25, -0.2) is 0 Å². The molecule has 0 aliphatic heterocycles. The summed E-state index contributed by atoms with van der Waals surface area (Å²) in [7, 11) is 0. The van der Waals surface area contributed by atoms with Gasteiger partial charge in [0.15, 0.2) is 5.75 Å². The van der Waals surface area contributed by atoms with E-state index in [4.69, 9.17) is 44.0 Å². The normalized spacial score (nSPS) is 11.7. The highest BCUT2D eigenvalue weighted by atomic mass is 35.5. The fraction of sp³-hybridized carbons (Fsp3) is 0.357. The van der Waals surface area contributed by atoms with Crippen molar-refractivity contribution in [1.82, 2.24) is 10.3 Å². The molecule has 0 aliphatic rings. The average molecular weight is 350 g/mol. The van der Waals surface area contributed by atoms with E-state index in [1.54, 1.807) is 0 Å². The zero-order valence-corrected chi connectivity index (χ0v) is 14.1. The molecule has 1 heterocycles. The Balaban J connectivity index is 2.07. The minimum atomic E-state index is -0.00696. The Hall–Kier alpha value is -0.940. The molecule has 0 saturated heterocycles. The van der Waals surface area contributed by atoms with Crippen molar-refractivity contribution in [1.29, 1.82) is 0 Å². The van der Waals surface area contributed by atoms with E-state index in [0.29, 0.717) is 27.4 Å². The summed E-state index contributed by atoms with van der Waals surface area (Å²) >= 11 is 17.8. The molecule has 0 fully saturated rings. The molecule has 0 atom stereocenters. The maximum atomic E-state index is 6.03. The molecule has 4 nitrogen and oxygen atoms in total. The van der Waals surface area contributed by atoms with Gasteiger partial charge in [0, 0.05) is 18.2 Å². The van der Waals surface area contributed by atoms with Gasteiger partial charge in [0.1, 0.15) is 6.26 Å². The molecule has 0 saturated carbocycles. The first kappa shape index (κ1) is 16.4. The van der Waals surface area contributed by atoms with Crippen LogP contribution in [0.25, 0.3) is 0 Å². The molecule has 1 aromatic heterocycles. The summed E-state index contributed by atoms with van der Waals surface area (Å²) in [6.45, 7) is 6.78. The Morgan fingerprint density at radius 1 is 1.14 bits per heavy atom. The van der Waals surface area contributed by atoms with Crippen LogP contribution >= 0.6 is 34.8 Å². The van der Waals surface area contributed by atoms with Gasteiger partial charge in [-0.15, -0.1) is 0 Å². The maximum absolute atomic E-state index is 6.03. The monoisotopic (exact) mass is 348 g/mol. The van der Waals surface area contributed by atoms with Crippen LogP contribution in [0.1, 0.15) is 26.5 Å². The van der Waals surface area contributed by atoms with E-state index in [1.807, 2.05) is 0 Å². The molecule has 1 aromatic carbocycles. The number of halogens is 3. The SMILES string of the molecule is CC(C)(C)NCc1coc(Oc2cc(Cl)c(Cl)cc2Cl)n1. The first-order chi connectivity index (χ1) is 9.74. The fourth-order valence-corrected chi connectivity index (χ4v) is 2.02. The summed E-state index contributed by atoms with van der Waals surface area (Å²) in [4.78, 5) is 4.22. The minimum absolute atomic E-state index is 0.00696. The molecule has 0 bridgehead atoms. The molecule has 1 N–H and O–H groups in total. The molecule has 0 aliphatic carbocycles. The lowest BCUT2D eigenvalue weighted by Gasteiger charge is -2.19. The lowest BCUT2D eigenvalue weighted by molar-refractivity contribution is 0.331. The van der Waals surface area contributed by atoms with E-state index in [1.165, 1.54) is 18.4 Å². The molecule has 7 heteroatoms. The second kappa shape index (κ2) is 6.44. The number of benzene rings is 1. The van der Waals surface area contributed by atoms with E-state index >= 15 is 0 Å². The average Bonchev–Trinajstić information content (AvgIpc) is 2.80. The molecule has 0 unspecified atom stereocenters. The van der Waals surface area contributed by atoms with E-state index in [9.17, 15) is 0 Å². The number of ether oxygens (including phenoxy) is 1. The molecule has 2 aromatic rings. The third-order valence-corrected chi connectivity index (χ3v) is 3.52. The van der Waals surface area contributed by atoms with Crippen molar-refractivity contribution >= 4 is 34.8 Å². The van der Waals surface area contributed by atoms with Gasteiger partial charge in [-0.1, -0.05) is 34.8 Å². The Labute approximate surface area is 138 Å². The van der Waals surface area contributed by atoms with Crippen LogP contribution < -0.4 is 10.1 Å². The number of aromatic nitrogens is 1. The highest BCUT2D eigenvalue weighted by Gasteiger charge is 2.14. The summed E-state index contributed by atoms with van der Waals surface area (Å²) in [5.41, 5.74) is 0.726. The van der Waals surface area contributed by atoms with E-state index in [0.717, 1.165) is 5.69 Å². The predicted octanol–water partition coefficient (Wildman–Crippen LogP) is 5.32. The fourth-order valence-electron chi connectivity index (χ4n) is 1.45. The highest BCUT2D eigenvalue weighted by molar-refractivity contribution is 6.43. The molecule has 0 spiro atoms. The van der Waals surface area contributed by atoms with E-state index in [-0.39, 0.29) is 11.6 Å². The number of oxazole rings is 1. The quantitative estimate of drug-likeness (QED) is 0.759. The highest BCUT2D eigenvalue weighted by Crippen LogP contribution is 2.36. The Kier molecular flexibility index (Phi) is 5.04. The number of hydrogen-bond acceptors (Lipinski definition) is 4. The first-order valence-electron chi connectivity index (χ1n) is 6.26. The van der Waals surface area contributed by atoms with E-state index in [2.05, 4.69) is 31.1 Å². The van der Waals surface area contributed by atoms with Gasteiger partial charge >= 0.3 is 6.08 Å². The second-order valence-corrected chi connectivity index (χ2v) is 6.73. The van der Waals surface area contributed by atoms with Gasteiger partial charge in [-0.2, -0.15) is 4.98 Å². The van der Waals surface area contributed by atoms with Gasteiger partial charge < -0.3 is 14.5 Å². The topological polar surface area (TPSA) is 47.3 Å². The van der Waals surface area contributed by atoms with Crippen molar-refractivity contribution in [2.75, 3.05) is 0 Å². The van der Waals surface area contributed by atoms with Crippen LogP contribution in [0.3, 0.4) is 0 Å². The number of nitrogens with one attached hydrogen (secondary N) is 1. The van der Waals surface area contributed by atoms with Crippen molar-refractivity contribution in [3.63, 3.8) is 0 Å². The van der Waals surface area contributed by atoms with Crippen molar-refractivity contribution in [2.24, 2.45) is 0 Å². The Bertz CT molecular complexity index is 636. The summed E-state index contributed by atoms with van der Waals surface area (Å²) in [6.07, 6.45) is 1.63. The van der Waals surface area contributed by atoms with Crippen molar-refractivity contribution in [3.05, 3.63) is 39.2 Å². The lowest BCUT2D eigenvalue weighted by Crippen LogP contribution is -2.35. The zero-order valence-electron chi connectivity index (χ0n) is 11.8. The maximum Gasteiger partial charge on any atom is 0.399 e. The predicted molar refractivity (Wildman–Crippen MR) is 84.6 cm³/mol. The van der Waals surface area contributed by atoms with Crippen LogP contribution in [0.4, 0.5) is 0 Å². The van der Waals surface area contributed by atoms with Gasteiger partial charge in [-0.3, -0.25) is 0 Å². The van der Waals surface area contributed by atoms with Crippen molar-refractivity contribution in [2.45, 2.75) is 32.9 Å². The van der Waals surface area contributed by atoms with Gasteiger partial charge in [-0.05, 0) is 26.8 Å². The van der Waals surface area contributed by atoms with E-state index < -0.39 is 0 Å². The summed E-state index contributed by atoms with van der Waals surface area (Å²) in [5.74, 6) is 0.336. The zero-order chi connectivity index (χ0) is 15.6. The minimum Gasteiger partial charge on any atom is -0.417 e. The largest absolute Gasteiger partial charge is 0.417 e. The van der Waals surface area contributed by atoms with Crippen molar-refractivity contribution in [3.8, 4) is 11.8 Å². The van der Waals surface area contributed by atoms with Crippen LogP contribution in [0.15, 0.2) is 22.8 Å². The van der Waals surface area contributed by atoms with Crippen molar-refractivity contribution < 1.29 is 9.15 Å². The van der Waals surface area contributed by atoms with Gasteiger partial charge in [0.25, 0.3) is 0 Å². The molecule has 0 amide bonds. The summed E-state index contributed by atoms with van der Waals surface area (Å²) in [6, 6.07) is 3.02.